The molecule has 1 heterocycles. The monoisotopic (exact) mass is 330 g/mol. The summed E-state index contributed by atoms with van der Waals surface area (Å²) >= 11 is 1.51. The molecule has 0 atom stereocenters. The van der Waals surface area contributed by atoms with Crippen LogP contribution >= 0.6 is 11.8 Å². The van der Waals surface area contributed by atoms with Crippen LogP contribution in [0.2, 0.25) is 0 Å². The van der Waals surface area contributed by atoms with E-state index in [0.29, 0.717) is 0 Å². The summed E-state index contributed by atoms with van der Waals surface area (Å²) in [4.78, 5) is 20.0. The number of unbranched alkanes of at least 4 members (excludes halogenated alkanes) is 2. The standard InChI is InChI=1S/C19H26N2OS/c1-4-6-12-20-19-21(13-7-5-2)18(22)17(23-19)14-16-10-8-15(3)9-11-16/h8-11,14H,4-7,12-13H2,1-3H3. The molecular weight excluding hydrogens is 304 g/mol. The Balaban J connectivity index is 2.19. The molecule has 4 heteroatoms. The zero-order valence-electron chi connectivity index (χ0n) is 14.3. The minimum Gasteiger partial charge on any atom is -0.287 e. The van der Waals surface area contributed by atoms with E-state index in [1.807, 2.05) is 11.0 Å². The number of hydrogen-bond donors (Lipinski definition) is 0. The predicted molar refractivity (Wildman–Crippen MR) is 101 cm³/mol. The number of aryl methyl sites for hydroxylation is 1. The Labute approximate surface area is 143 Å². The zero-order valence-corrected chi connectivity index (χ0v) is 15.2. The van der Waals surface area contributed by atoms with Gasteiger partial charge in [0.2, 0.25) is 0 Å². The number of hydrogen-bond acceptors (Lipinski definition) is 3. The van der Waals surface area contributed by atoms with Crippen LogP contribution < -0.4 is 0 Å². The average Bonchev–Trinajstić information content (AvgIpc) is 2.83. The van der Waals surface area contributed by atoms with E-state index in [9.17, 15) is 4.79 Å². The van der Waals surface area contributed by atoms with Gasteiger partial charge in [0.05, 0.1) is 4.91 Å². The minimum absolute atomic E-state index is 0.0965. The molecule has 1 amide bonds. The van der Waals surface area contributed by atoms with E-state index >= 15 is 0 Å². The second-order valence-corrected chi connectivity index (χ2v) is 6.86. The molecule has 1 aliphatic heterocycles. The smallest absolute Gasteiger partial charge is 0.266 e. The molecule has 1 fully saturated rings. The van der Waals surface area contributed by atoms with Gasteiger partial charge in [0, 0.05) is 13.1 Å². The van der Waals surface area contributed by atoms with Crippen LogP contribution in [0.3, 0.4) is 0 Å². The first kappa shape index (κ1) is 17.8. The van der Waals surface area contributed by atoms with Crippen molar-refractivity contribution in [3.8, 4) is 0 Å². The average molecular weight is 330 g/mol. The predicted octanol–water partition coefficient (Wildman–Crippen LogP) is 4.87. The Morgan fingerprint density at radius 3 is 2.48 bits per heavy atom. The molecular formula is C19H26N2OS. The molecule has 0 radical (unpaired) electrons. The summed E-state index contributed by atoms with van der Waals surface area (Å²) in [5.41, 5.74) is 2.29. The zero-order chi connectivity index (χ0) is 16.7. The number of carbonyl (C=O) groups is 1. The van der Waals surface area contributed by atoms with Crippen LogP contribution in [0.1, 0.15) is 50.7 Å². The molecule has 124 valence electrons. The third-order valence-corrected chi connectivity index (χ3v) is 4.80. The lowest BCUT2D eigenvalue weighted by Crippen LogP contribution is -2.30. The Kier molecular flexibility index (Phi) is 6.90. The quantitative estimate of drug-likeness (QED) is 0.528. The lowest BCUT2D eigenvalue weighted by Gasteiger charge is -2.14. The molecule has 1 aliphatic rings. The van der Waals surface area contributed by atoms with Crippen LogP contribution in [0, 0.1) is 6.92 Å². The Morgan fingerprint density at radius 1 is 1.13 bits per heavy atom. The topological polar surface area (TPSA) is 32.7 Å². The highest BCUT2D eigenvalue weighted by Crippen LogP contribution is 2.32. The fourth-order valence-corrected chi connectivity index (χ4v) is 3.32. The maximum Gasteiger partial charge on any atom is 0.266 e. The van der Waals surface area contributed by atoms with Gasteiger partial charge in [-0.3, -0.25) is 14.7 Å². The maximum atomic E-state index is 12.7. The highest BCUT2D eigenvalue weighted by molar-refractivity contribution is 8.18. The van der Waals surface area contributed by atoms with Crippen molar-refractivity contribution in [1.82, 2.24) is 4.90 Å². The van der Waals surface area contributed by atoms with Gasteiger partial charge in [-0.25, -0.2) is 0 Å². The lowest BCUT2D eigenvalue weighted by molar-refractivity contribution is -0.122. The number of carbonyl (C=O) groups excluding carboxylic acids is 1. The molecule has 3 nitrogen and oxygen atoms in total. The largest absolute Gasteiger partial charge is 0.287 e. The molecule has 2 rings (SSSR count). The van der Waals surface area contributed by atoms with Crippen molar-refractivity contribution >= 4 is 28.9 Å². The van der Waals surface area contributed by atoms with Crippen LogP contribution in [0.4, 0.5) is 0 Å². The van der Waals surface area contributed by atoms with Gasteiger partial charge >= 0.3 is 0 Å². The van der Waals surface area contributed by atoms with Gasteiger partial charge in [0.25, 0.3) is 5.91 Å². The van der Waals surface area contributed by atoms with E-state index in [1.165, 1.54) is 17.3 Å². The molecule has 0 aromatic heterocycles. The van der Waals surface area contributed by atoms with E-state index in [1.54, 1.807) is 0 Å². The second kappa shape index (κ2) is 8.92. The lowest BCUT2D eigenvalue weighted by atomic mass is 10.1. The molecule has 1 aromatic carbocycles. The molecule has 0 N–H and O–H groups in total. The SMILES string of the molecule is CCCCN=C1SC(=Cc2ccc(C)cc2)C(=O)N1CCCC. The minimum atomic E-state index is 0.0965. The molecule has 0 unspecified atom stereocenters. The van der Waals surface area contributed by atoms with E-state index in [4.69, 9.17) is 0 Å². The van der Waals surface area contributed by atoms with Gasteiger partial charge in [-0.05, 0) is 43.2 Å². The summed E-state index contributed by atoms with van der Waals surface area (Å²) in [6.45, 7) is 7.93. The Hall–Kier alpha value is -1.55. The fraction of sp³-hybridized carbons (Fsp3) is 0.474. The summed E-state index contributed by atoms with van der Waals surface area (Å²) in [5, 5.41) is 0.871. The normalized spacial score (nSPS) is 18.4. The maximum absolute atomic E-state index is 12.7. The molecule has 0 aliphatic carbocycles. The van der Waals surface area contributed by atoms with E-state index in [2.05, 4.69) is 50.0 Å². The van der Waals surface area contributed by atoms with Crippen LogP contribution in [-0.2, 0) is 4.79 Å². The molecule has 1 saturated heterocycles. The van der Waals surface area contributed by atoms with Gasteiger partial charge in [0.15, 0.2) is 5.17 Å². The summed E-state index contributed by atoms with van der Waals surface area (Å²) in [6, 6.07) is 8.25. The van der Waals surface area contributed by atoms with Crippen molar-refractivity contribution in [1.29, 1.82) is 0 Å². The van der Waals surface area contributed by atoms with E-state index in [0.717, 1.165) is 54.4 Å². The molecule has 23 heavy (non-hydrogen) atoms. The van der Waals surface area contributed by atoms with Crippen molar-refractivity contribution in [3.05, 3.63) is 40.3 Å². The van der Waals surface area contributed by atoms with Gasteiger partial charge in [-0.15, -0.1) is 0 Å². The van der Waals surface area contributed by atoms with Crippen LogP contribution in [0.15, 0.2) is 34.2 Å². The first-order valence-electron chi connectivity index (χ1n) is 8.48. The number of rotatable bonds is 7. The molecule has 0 saturated carbocycles. The van der Waals surface area contributed by atoms with Crippen LogP contribution in [-0.4, -0.2) is 29.1 Å². The Morgan fingerprint density at radius 2 is 1.83 bits per heavy atom. The van der Waals surface area contributed by atoms with Gasteiger partial charge in [-0.2, -0.15) is 0 Å². The number of nitrogens with zero attached hydrogens (tertiary/aromatic N) is 2. The summed E-state index contributed by atoms with van der Waals surface area (Å²) in [6.07, 6.45) is 6.26. The van der Waals surface area contributed by atoms with Crippen molar-refractivity contribution < 1.29 is 4.79 Å². The van der Waals surface area contributed by atoms with E-state index < -0.39 is 0 Å². The van der Waals surface area contributed by atoms with Crippen molar-refractivity contribution in [2.75, 3.05) is 13.1 Å². The first-order chi connectivity index (χ1) is 11.2. The number of amidine groups is 1. The Bertz CT molecular complexity index is 590. The summed E-state index contributed by atoms with van der Waals surface area (Å²) in [7, 11) is 0. The van der Waals surface area contributed by atoms with Gasteiger partial charge in [-0.1, -0.05) is 56.5 Å². The van der Waals surface area contributed by atoms with E-state index in [-0.39, 0.29) is 5.91 Å². The van der Waals surface area contributed by atoms with Crippen LogP contribution in [0.5, 0.6) is 0 Å². The van der Waals surface area contributed by atoms with Gasteiger partial charge in [0.1, 0.15) is 0 Å². The number of benzene rings is 1. The third kappa shape index (κ3) is 4.96. The number of thioether (sulfide) groups is 1. The highest BCUT2D eigenvalue weighted by Gasteiger charge is 2.32. The van der Waals surface area contributed by atoms with Crippen molar-refractivity contribution in [2.24, 2.45) is 4.99 Å². The van der Waals surface area contributed by atoms with Crippen molar-refractivity contribution in [2.45, 2.75) is 46.5 Å². The highest BCUT2D eigenvalue weighted by atomic mass is 32.2. The summed E-state index contributed by atoms with van der Waals surface area (Å²) in [5.74, 6) is 0.0965. The van der Waals surface area contributed by atoms with Gasteiger partial charge < -0.3 is 0 Å². The first-order valence-corrected chi connectivity index (χ1v) is 9.30. The third-order valence-electron chi connectivity index (χ3n) is 3.76. The van der Waals surface area contributed by atoms with Crippen molar-refractivity contribution in [3.63, 3.8) is 0 Å². The second-order valence-electron chi connectivity index (χ2n) is 5.85. The molecule has 0 spiro atoms. The fourth-order valence-electron chi connectivity index (χ4n) is 2.29. The number of aliphatic imine (C=N–C) groups is 1. The van der Waals surface area contributed by atoms with Crippen LogP contribution in [0.25, 0.3) is 6.08 Å². The summed E-state index contributed by atoms with van der Waals surface area (Å²) < 4.78 is 0. The molecule has 0 bridgehead atoms. The number of amides is 1. The molecule has 1 aromatic rings.